The van der Waals surface area contributed by atoms with Crippen LogP contribution in [0.1, 0.15) is 0 Å². The third-order valence-corrected chi connectivity index (χ3v) is 5.19. The molecule has 2 N–H and O–H groups in total. The third-order valence-electron chi connectivity index (χ3n) is 3.04. The van der Waals surface area contributed by atoms with Crippen LogP contribution < -0.4 is 10.5 Å². The first-order valence-corrected chi connectivity index (χ1v) is 7.85. The summed E-state index contributed by atoms with van der Waals surface area (Å²) >= 11 is 4.86. The highest BCUT2D eigenvalue weighted by Gasteiger charge is 2.31. The molecule has 6 nitrogen and oxygen atoms in total. The molecule has 0 spiro atoms. The Morgan fingerprint density at radius 3 is 2.65 bits per heavy atom. The minimum absolute atomic E-state index is 0.143. The van der Waals surface area contributed by atoms with Gasteiger partial charge in [0.1, 0.15) is 16.8 Å². The summed E-state index contributed by atoms with van der Waals surface area (Å²) in [5.41, 5.74) is 5.52. The Morgan fingerprint density at radius 2 is 2.10 bits per heavy atom. The molecule has 20 heavy (non-hydrogen) atoms. The second-order valence-electron chi connectivity index (χ2n) is 4.30. The van der Waals surface area contributed by atoms with E-state index in [1.165, 1.54) is 23.5 Å². The zero-order valence-electron chi connectivity index (χ0n) is 11.0. The molecule has 1 aromatic carbocycles. The van der Waals surface area contributed by atoms with E-state index in [0.29, 0.717) is 5.75 Å². The lowest BCUT2D eigenvalue weighted by Crippen LogP contribution is -2.49. The van der Waals surface area contributed by atoms with Gasteiger partial charge in [0, 0.05) is 13.1 Å². The standard InChI is InChI=1S/C12H16N2O4S2/c1-17-9-2-4-10(5-3-9)20(15,16)14-6-7-18-11(8-14)12(13)19/h2-5,11H,6-8H2,1H3,(H2,13,19). The van der Waals surface area contributed by atoms with E-state index in [4.69, 9.17) is 27.4 Å². The van der Waals surface area contributed by atoms with Crippen molar-refractivity contribution in [1.29, 1.82) is 0 Å². The molecule has 1 saturated heterocycles. The number of morpholine rings is 1. The van der Waals surface area contributed by atoms with Crippen molar-refractivity contribution in [3.8, 4) is 5.75 Å². The van der Waals surface area contributed by atoms with Gasteiger partial charge in [0.2, 0.25) is 10.0 Å². The largest absolute Gasteiger partial charge is 0.497 e. The van der Waals surface area contributed by atoms with Crippen LogP contribution in [0.5, 0.6) is 5.75 Å². The second-order valence-corrected chi connectivity index (χ2v) is 6.71. The monoisotopic (exact) mass is 316 g/mol. The minimum atomic E-state index is -3.57. The van der Waals surface area contributed by atoms with Crippen LogP contribution in [-0.4, -0.2) is 50.6 Å². The molecule has 8 heteroatoms. The molecule has 1 aromatic rings. The molecule has 1 aliphatic heterocycles. The third kappa shape index (κ3) is 3.09. The second kappa shape index (κ2) is 6.04. The van der Waals surface area contributed by atoms with Crippen molar-refractivity contribution in [2.75, 3.05) is 26.8 Å². The molecule has 0 bridgehead atoms. The van der Waals surface area contributed by atoms with E-state index >= 15 is 0 Å². The number of sulfonamides is 1. The molecule has 1 fully saturated rings. The molecular formula is C12H16N2O4S2. The number of hydrogen-bond acceptors (Lipinski definition) is 5. The predicted molar refractivity (Wildman–Crippen MR) is 78.3 cm³/mol. The van der Waals surface area contributed by atoms with E-state index < -0.39 is 16.1 Å². The van der Waals surface area contributed by atoms with Gasteiger partial charge in [-0.05, 0) is 24.3 Å². The van der Waals surface area contributed by atoms with Crippen LogP contribution >= 0.6 is 12.2 Å². The normalized spacial score (nSPS) is 20.6. The maximum atomic E-state index is 12.5. The van der Waals surface area contributed by atoms with Crippen LogP contribution in [0.3, 0.4) is 0 Å². The Bertz CT molecular complexity index is 586. The van der Waals surface area contributed by atoms with Crippen molar-refractivity contribution in [3.05, 3.63) is 24.3 Å². The van der Waals surface area contributed by atoms with Gasteiger partial charge in [-0.25, -0.2) is 8.42 Å². The van der Waals surface area contributed by atoms with Gasteiger partial charge < -0.3 is 15.2 Å². The van der Waals surface area contributed by atoms with Gasteiger partial charge in [0.15, 0.2) is 0 Å². The van der Waals surface area contributed by atoms with Gasteiger partial charge in [-0.2, -0.15) is 4.31 Å². The van der Waals surface area contributed by atoms with Gasteiger partial charge >= 0.3 is 0 Å². The first-order valence-electron chi connectivity index (χ1n) is 6.00. The van der Waals surface area contributed by atoms with Crippen molar-refractivity contribution in [1.82, 2.24) is 4.31 Å². The van der Waals surface area contributed by atoms with Crippen LogP contribution in [0.25, 0.3) is 0 Å². The fourth-order valence-corrected chi connectivity index (χ4v) is 3.48. The number of nitrogens with two attached hydrogens (primary N) is 1. The number of rotatable bonds is 4. The van der Waals surface area contributed by atoms with Crippen LogP contribution in [0, 0.1) is 0 Å². The number of hydrogen-bond donors (Lipinski definition) is 1. The number of methoxy groups -OCH3 is 1. The van der Waals surface area contributed by atoms with Gasteiger partial charge in [0.05, 0.1) is 18.6 Å². The van der Waals surface area contributed by atoms with Gasteiger partial charge in [-0.1, -0.05) is 12.2 Å². The Labute approximate surface area is 123 Å². The first-order chi connectivity index (χ1) is 9.45. The quantitative estimate of drug-likeness (QED) is 0.808. The fourth-order valence-electron chi connectivity index (χ4n) is 1.91. The van der Waals surface area contributed by atoms with E-state index in [1.807, 2.05) is 0 Å². The minimum Gasteiger partial charge on any atom is -0.497 e. The Hall–Kier alpha value is -1.22. The van der Waals surface area contributed by atoms with Crippen molar-refractivity contribution < 1.29 is 17.9 Å². The number of benzene rings is 1. The molecule has 1 aliphatic rings. The zero-order valence-corrected chi connectivity index (χ0v) is 12.6. The zero-order chi connectivity index (χ0) is 14.8. The lowest BCUT2D eigenvalue weighted by molar-refractivity contribution is 0.0386. The molecule has 0 saturated carbocycles. The molecule has 0 aromatic heterocycles. The summed E-state index contributed by atoms with van der Waals surface area (Å²) in [6.07, 6.45) is -0.535. The van der Waals surface area contributed by atoms with Gasteiger partial charge in [0.25, 0.3) is 0 Å². The van der Waals surface area contributed by atoms with E-state index in [2.05, 4.69) is 0 Å². The summed E-state index contributed by atoms with van der Waals surface area (Å²) in [6.45, 7) is 0.703. The van der Waals surface area contributed by atoms with E-state index in [1.54, 1.807) is 12.1 Å². The van der Waals surface area contributed by atoms with E-state index in [0.717, 1.165) is 0 Å². The fraction of sp³-hybridized carbons (Fsp3) is 0.417. The molecule has 1 heterocycles. The summed E-state index contributed by atoms with van der Waals surface area (Å²) in [4.78, 5) is 0.376. The average Bonchev–Trinajstić information content (AvgIpc) is 2.47. The van der Waals surface area contributed by atoms with Crippen LogP contribution in [0.2, 0.25) is 0 Å². The predicted octanol–water partition coefficient (Wildman–Crippen LogP) is 0.371. The Balaban J connectivity index is 2.22. The first kappa shape index (κ1) is 15.2. The molecule has 1 unspecified atom stereocenters. The van der Waals surface area contributed by atoms with Crippen LogP contribution in [0.15, 0.2) is 29.2 Å². The Kier molecular flexibility index (Phi) is 4.59. The average molecular weight is 316 g/mol. The highest BCUT2D eigenvalue weighted by atomic mass is 32.2. The van der Waals surface area contributed by atoms with Crippen LogP contribution in [-0.2, 0) is 14.8 Å². The molecular weight excluding hydrogens is 300 g/mol. The number of thiocarbonyl (C=S) groups is 1. The molecule has 1 atom stereocenters. The molecule has 0 amide bonds. The number of nitrogens with zero attached hydrogens (tertiary/aromatic N) is 1. The summed E-state index contributed by atoms with van der Waals surface area (Å²) in [5, 5.41) is 0. The van der Waals surface area contributed by atoms with Gasteiger partial charge in [-0.15, -0.1) is 0 Å². The van der Waals surface area contributed by atoms with E-state index in [9.17, 15) is 8.42 Å². The molecule has 2 rings (SSSR count). The SMILES string of the molecule is COc1ccc(S(=O)(=O)N2CCOC(C(N)=S)C2)cc1. The maximum Gasteiger partial charge on any atom is 0.243 e. The summed E-state index contributed by atoms with van der Waals surface area (Å²) in [5.74, 6) is 0.604. The molecule has 110 valence electrons. The highest BCUT2D eigenvalue weighted by Crippen LogP contribution is 2.21. The lowest BCUT2D eigenvalue weighted by atomic mass is 10.3. The lowest BCUT2D eigenvalue weighted by Gasteiger charge is -2.31. The molecule has 0 aliphatic carbocycles. The summed E-state index contributed by atoms with van der Waals surface area (Å²) in [6, 6.07) is 6.25. The number of ether oxygens (including phenoxy) is 2. The Morgan fingerprint density at radius 1 is 1.45 bits per heavy atom. The highest BCUT2D eigenvalue weighted by molar-refractivity contribution is 7.89. The topological polar surface area (TPSA) is 81.9 Å². The smallest absolute Gasteiger partial charge is 0.243 e. The van der Waals surface area contributed by atoms with Gasteiger partial charge in [-0.3, -0.25) is 0 Å². The summed E-state index contributed by atoms with van der Waals surface area (Å²) < 4.78 is 36.7. The summed E-state index contributed by atoms with van der Waals surface area (Å²) in [7, 11) is -2.04. The van der Waals surface area contributed by atoms with Crippen molar-refractivity contribution in [2.45, 2.75) is 11.0 Å². The van der Waals surface area contributed by atoms with Crippen molar-refractivity contribution in [2.24, 2.45) is 5.73 Å². The van der Waals surface area contributed by atoms with Crippen molar-refractivity contribution >= 4 is 27.2 Å². The maximum absolute atomic E-state index is 12.5. The molecule has 0 radical (unpaired) electrons. The van der Waals surface area contributed by atoms with Crippen molar-refractivity contribution in [3.63, 3.8) is 0 Å². The van der Waals surface area contributed by atoms with E-state index in [-0.39, 0.29) is 29.6 Å². The van der Waals surface area contributed by atoms with Crippen LogP contribution in [0.4, 0.5) is 0 Å².